The van der Waals surface area contributed by atoms with Crippen molar-refractivity contribution in [3.8, 4) is 0 Å². The zero-order valence-electron chi connectivity index (χ0n) is 6.80. The van der Waals surface area contributed by atoms with Gasteiger partial charge in [0.25, 0.3) is 0 Å². The third-order valence-corrected chi connectivity index (χ3v) is 4.54. The van der Waals surface area contributed by atoms with Crippen LogP contribution in [0.2, 0.25) is 0 Å². The van der Waals surface area contributed by atoms with Gasteiger partial charge in [-0.25, -0.2) is 0 Å². The molecule has 0 bridgehead atoms. The SMILES string of the molecule is C1=C[CH]=[Tl][CH]=C1.OCC(O)CO. The van der Waals surface area contributed by atoms with Crippen molar-refractivity contribution in [2.75, 3.05) is 13.2 Å². The molecule has 0 aromatic carbocycles. The van der Waals surface area contributed by atoms with E-state index in [2.05, 4.69) is 25.4 Å². The fraction of sp³-hybridized carbons (Fsp3) is 0.375. The number of allylic oxidation sites excluding steroid dienone is 3. The summed E-state index contributed by atoms with van der Waals surface area (Å²) in [6, 6.07) is 0. The van der Waals surface area contributed by atoms with E-state index in [0.717, 1.165) is 0 Å². The van der Waals surface area contributed by atoms with Gasteiger partial charge in [0.05, 0.1) is 13.2 Å². The molecule has 0 atom stereocenters. The summed E-state index contributed by atoms with van der Waals surface area (Å²) in [5, 5.41) is 24.0. The van der Waals surface area contributed by atoms with Crippen molar-refractivity contribution in [1.82, 2.24) is 0 Å². The second kappa shape index (κ2) is 9.24. The topological polar surface area (TPSA) is 60.7 Å². The van der Waals surface area contributed by atoms with Crippen LogP contribution in [0.5, 0.6) is 0 Å². The van der Waals surface area contributed by atoms with E-state index in [-0.39, 0.29) is 37.0 Å². The average molecular weight is 362 g/mol. The van der Waals surface area contributed by atoms with E-state index in [1.807, 2.05) is 0 Å². The van der Waals surface area contributed by atoms with Crippen LogP contribution in [0.1, 0.15) is 0 Å². The summed E-state index contributed by atoms with van der Waals surface area (Å²) in [5.41, 5.74) is 0. The molecule has 3 nitrogen and oxygen atoms in total. The van der Waals surface area contributed by atoms with Gasteiger partial charge >= 0.3 is 49.2 Å². The molecule has 0 saturated heterocycles. The molecule has 0 saturated carbocycles. The molecular formula is C8H13O3Tl. The Morgan fingerprint density at radius 2 is 1.75 bits per heavy atom. The van der Waals surface area contributed by atoms with Gasteiger partial charge in [-0.3, -0.25) is 0 Å². The van der Waals surface area contributed by atoms with Gasteiger partial charge in [0.15, 0.2) is 0 Å². The maximum atomic E-state index is 8.17. The van der Waals surface area contributed by atoms with Crippen molar-refractivity contribution >= 4 is 27.3 Å². The first kappa shape index (κ1) is 12.2. The maximum absolute atomic E-state index is 8.17. The van der Waals surface area contributed by atoms with Gasteiger partial charge in [0, 0.05) is 0 Å². The monoisotopic (exact) mass is 362 g/mol. The molecule has 0 unspecified atom stereocenters. The summed E-state index contributed by atoms with van der Waals surface area (Å²) in [5.74, 6) is 0. The van der Waals surface area contributed by atoms with E-state index in [9.17, 15) is 0 Å². The van der Waals surface area contributed by atoms with Crippen LogP contribution in [0.15, 0.2) is 21.9 Å². The first-order valence-corrected chi connectivity index (χ1v) is 8.89. The predicted molar refractivity (Wildman–Crippen MR) is 50.3 cm³/mol. The van der Waals surface area contributed by atoms with E-state index >= 15 is 0 Å². The van der Waals surface area contributed by atoms with E-state index in [1.165, 1.54) is 0 Å². The summed E-state index contributed by atoms with van der Waals surface area (Å²) in [7, 11) is 0. The number of hydrogen-bond donors (Lipinski definition) is 3. The number of rotatable bonds is 2. The summed E-state index contributed by atoms with van der Waals surface area (Å²) in [6.45, 7) is -0.729. The molecular weight excluding hydrogens is 348 g/mol. The molecule has 0 fully saturated rings. The smallest absolute Gasteiger partial charge is 0.100 e. The maximum Gasteiger partial charge on any atom is 0.100 e. The Balaban J connectivity index is 0.000000202. The Labute approximate surface area is 83.7 Å². The van der Waals surface area contributed by atoms with E-state index < -0.39 is 6.10 Å². The van der Waals surface area contributed by atoms with Crippen molar-refractivity contribution in [1.29, 1.82) is 0 Å². The third-order valence-electron chi connectivity index (χ3n) is 1.09. The minimum atomic E-state index is -0.954. The molecule has 0 aromatic rings. The molecule has 1 aliphatic rings. The molecule has 1 aliphatic heterocycles. The summed E-state index contributed by atoms with van der Waals surface area (Å²) < 4.78 is 4.67. The number of hydrogen-bond acceptors (Lipinski definition) is 3. The second-order valence-corrected chi connectivity index (χ2v) is 6.66. The normalized spacial score (nSPS) is 12.3. The van der Waals surface area contributed by atoms with Crippen molar-refractivity contribution in [3.63, 3.8) is 0 Å². The Hall–Kier alpha value is 0.152. The van der Waals surface area contributed by atoms with Gasteiger partial charge in [-0.2, -0.15) is 0 Å². The fourth-order valence-electron chi connectivity index (χ4n) is 0.443. The third kappa shape index (κ3) is 8.25. The van der Waals surface area contributed by atoms with Gasteiger partial charge in [-0.05, 0) is 0 Å². The van der Waals surface area contributed by atoms with Gasteiger partial charge in [0.2, 0.25) is 0 Å². The van der Waals surface area contributed by atoms with Crippen LogP contribution in [-0.2, 0) is 0 Å². The molecule has 0 radical (unpaired) electrons. The quantitative estimate of drug-likeness (QED) is 0.548. The summed E-state index contributed by atoms with van der Waals surface area (Å²) in [4.78, 5) is 0. The molecule has 1 rings (SSSR count). The van der Waals surface area contributed by atoms with Crippen molar-refractivity contribution in [2.45, 2.75) is 6.10 Å². The Morgan fingerprint density at radius 3 is 1.83 bits per heavy atom. The van der Waals surface area contributed by atoms with Crippen molar-refractivity contribution in [3.05, 3.63) is 21.9 Å². The van der Waals surface area contributed by atoms with E-state index in [0.29, 0.717) is 0 Å². The van der Waals surface area contributed by atoms with Crippen LogP contribution in [0.25, 0.3) is 0 Å². The largest absolute Gasteiger partial charge is 0.394 e. The number of aliphatic hydroxyl groups is 3. The van der Waals surface area contributed by atoms with Gasteiger partial charge in [-0.1, -0.05) is 0 Å². The molecule has 0 spiro atoms. The van der Waals surface area contributed by atoms with Gasteiger partial charge in [-0.15, -0.1) is 0 Å². The molecule has 4 heteroatoms. The van der Waals surface area contributed by atoms with Crippen LogP contribution in [0.4, 0.5) is 0 Å². The second-order valence-electron chi connectivity index (χ2n) is 2.17. The van der Waals surface area contributed by atoms with Crippen LogP contribution < -0.4 is 0 Å². The zero-order valence-corrected chi connectivity index (χ0v) is 11.3. The van der Waals surface area contributed by atoms with Crippen LogP contribution in [-0.4, -0.2) is 61.9 Å². The molecule has 1 heterocycles. The minimum Gasteiger partial charge on any atom is -0.394 e. The Morgan fingerprint density at radius 1 is 1.08 bits per heavy atom. The molecule has 12 heavy (non-hydrogen) atoms. The predicted octanol–water partition coefficient (Wildman–Crippen LogP) is -1.09. The minimum absolute atomic E-state index is 0.365. The van der Waals surface area contributed by atoms with Gasteiger partial charge < -0.3 is 15.3 Å². The Kier molecular flexibility index (Phi) is 9.36. The molecule has 0 aromatic heterocycles. The first-order valence-electron chi connectivity index (χ1n) is 3.71. The zero-order chi connectivity index (χ0) is 9.23. The number of aliphatic hydroxyl groups excluding tert-OH is 3. The van der Waals surface area contributed by atoms with E-state index in [4.69, 9.17) is 15.3 Å². The van der Waals surface area contributed by atoms with E-state index in [1.54, 1.807) is 0 Å². The first-order chi connectivity index (χ1) is 5.81. The fourth-order valence-corrected chi connectivity index (χ4v) is 2.94. The molecule has 3 N–H and O–H groups in total. The molecule has 0 aliphatic carbocycles. The average Bonchev–Trinajstić information content (AvgIpc) is 2.20. The van der Waals surface area contributed by atoms with Gasteiger partial charge in [0.1, 0.15) is 6.10 Å². The van der Waals surface area contributed by atoms with Crippen molar-refractivity contribution < 1.29 is 15.3 Å². The molecule has 66 valence electrons. The van der Waals surface area contributed by atoms with Crippen LogP contribution in [0.3, 0.4) is 0 Å². The van der Waals surface area contributed by atoms with Crippen molar-refractivity contribution in [2.24, 2.45) is 0 Å². The van der Waals surface area contributed by atoms with Crippen LogP contribution >= 0.6 is 0 Å². The summed E-state index contributed by atoms with van der Waals surface area (Å²) in [6.07, 6.45) is 5.43. The standard InChI is InChI=1S/C5H5.C3H8O3.Tl/c1-3-5-4-2;4-1-3(6)2-5;/h1-5H;3-6H,1-2H2;. The summed E-state index contributed by atoms with van der Waals surface area (Å²) >= 11 is -0.380. The molecule has 0 amide bonds. The Bertz CT molecular complexity index is 135. The van der Waals surface area contributed by atoms with Crippen LogP contribution in [0, 0.1) is 0 Å².